The van der Waals surface area contributed by atoms with E-state index in [0.29, 0.717) is 38.6 Å². The summed E-state index contributed by atoms with van der Waals surface area (Å²) in [6.07, 6.45) is 3.01. The third-order valence-electron chi connectivity index (χ3n) is 5.46. The topological polar surface area (TPSA) is 108 Å². The minimum Gasteiger partial charge on any atom is -0.484 e. The van der Waals surface area contributed by atoms with Crippen molar-refractivity contribution in [3.63, 3.8) is 0 Å². The van der Waals surface area contributed by atoms with Crippen LogP contribution < -0.4 is 10.1 Å². The van der Waals surface area contributed by atoms with Gasteiger partial charge in [0.25, 0.3) is 5.91 Å². The van der Waals surface area contributed by atoms with Crippen LogP contribution in [0.4, 0.5) is 5.69 Å². The van der Waals surface area contributed by atoms with Crippen molar-refractivity contribution in [1.29, 1.82) is 0 Å². The lowest BCUT2D eigenvalue weighted by atomic mass is 10.1. The Bertz CT molecular complexity index is 1650. The van der Waals surface area contributed by atoms with Crippen molar-refractivity contribution in [2.75, 3.05) is 11.9 Å². The zero-order valence-corrected chi connectivity index (χ0v) is 21.5. The number of furan rings is 1. The third kappa shape index (κ3) is 5.34. The number of halogens is 2. The Morgan fingerprint density at radius 3 is 2.76 bits per heavy atom. The maximum absolute atomic E-state index is 12.8. The molecule has 0 aliphatic carbocycles. The van der Waals surface area contributed by atoms with Gasteiger partial charge in [0.1, 0.15) is 23.7 Å². The number of carbonyl (C=O) groups excluding carboxylic acids is 2. The van der Waals surface area contributed by atoms with Gasteiger partial charge < -0.3 is 19.2 Å². The number of amides is 1. The maximum Gasteiger partial charge on any atom is 0.343 e. The van der Waals surface area contributed by atoms with Gasteiger partial charge in [0.15, 0.2) is 11.4 Å². The molecule has 0 aliphatic heterocycles. The fourth-order valence-corrected chi connectivity index (χ4v) is 4.19. The Morgan fingerprint density at radius 2 is 1.95 bits per heavy atom. The van der Waals surface area contributed by atoms with Crippen molar-refractivity contribution in [2.45, 2.75) is 13.5 Å². The van der Waals surface area contributed by atoms with E-state index in [-0.39, 0.29) is 24.5 Å². The predicted octanol–water partition coefficient (Wildman–Crippen LogP) is 6.30. The van der Waals surface area contributed by atoms with Crippen LogP contribution in [0, 0.1) is 0 Å². The van der Waals surface area contributed by atoms with E-state index < -0.39 is 11.9 Å². The van der Waals surface area contributed by atoms with Crippen LogP contribution in [0.15, 0.2) is 77.5 Å². The second-order valence-electron chi connectivity index (χ2n) is 8.01. The van der Waals surface area contributed by atoms with E-state index in [1.165, 1.54) is 6.20 Å². The molecule has 2 aromatic carbocycles. The summed E-state index contributed by atoms with van der Waals surface area (Å²) >= 11 is 12.0. The smallest absolute Gasteiger partial charge is 0.343 e. The summed E-state index contributed by atoms with van der Waals surface area (Å²) in [5.74, 6) is 0.0973. The van der Waals surface area contributed by atoms with E-state index in [0.717, 1.165) is 5.56 Å². The number of fused-ring (bicyclic) bond motifs is 1. The van der Waals surface area contributed by atoms with Gasteiger partial charge in [-0.1, -0.05) is 35.3 Å². The fraction of sp³-hybridized carbons (Fsp3) is 0.111. The first kappa shape index (κ1) is 25.3. The molecule has 0 unspecified atom stereocenters. The van der Waals surface area contributed by atoms with Crippen molar-refractivity contribution in [3.05, 3.63) is 100 Å². The highest BCUT2D eigenvalue weighted by molar-refractivity contribution is 6.35. The molecule has 0 bridgehead atoms. The first-order chi connectivity index (χ1) is 18.4. The molecule has 0 saturated heterocycles. The molecule has 192 valence electrons. The van der Waals surface area contributed by atoms with Crippen LogP contribution in [-0.2, 0) is 11.3 Å². The molecule has 5 rings (SSSR count). The monoisotopic (exact) mass is 550 g/mol. The van der Waals surface area contributed by atoms with Crippen molar-refractivity contribution in [3.8, 4) is 17.0 Å². The van der Waals surface area contributed by atoms with Crippen LogP contribution in [-0.4, -0.2) is 33.1 Å². The summed E-state index contributed by atoms with van der Waals surface area (Å²) in [5.41, 5.74) is 2.62. The van der Waals surface area contributed by atoms with Crippen molar-refractivity contribution >= 4 is 46.4 Å². The van der Waals surface area contributed by atoms with Crippen LogP contribution in [0.2, 0.25) is 10.0 Å². The Hall–Kier alpha value is -4.34. The standard InChI is InChI=1S/C27H20Cl2N4O5/c1-2-36-27(35)20-14-31-33-22(10-11-30-25(20)33)16-4-3-5-18(12-16)32-26(34)24-9-7-19(38-24)15-37-23-8-6-17(28)13-21(23)29/h3-14H,2,15H2,1H3,(H,32,34). The molecule has 0 atom stereocenters. The Kier molecular flexibility index (Phi) is 7.30. The van der Waals surface area contributed by atoms with Gasteiger partial charge in [-0.15, -0.1) is 0 Å². The first-order valence-electron chi connectivity index (χ1n) is 11.5. The molecule has 38 heavy (non-hydrogen) atoms. The zero-order valence-electron chi connectivity index (χ0n) is 20.0. The molecular formula is C27H20Cl2N4O5. The molecule has 0 aliphatic rings. The third-order valence-corrected chi connectivity index (χ3v) is 5.99. The average Bonchev–Trinajstić information content (AvgIpc) is 3.56. The maximum atomic E-state index is 12.8. The number of hydrogen-bond acceptors (Lipinski definition) is 7. The number of benzene rings is 2. The number of carbonyl (C=O) groups is 2. The molecule has 0 spiro atoms. The zero-order chi connectivity index (χ0) is 26.6. The van der Waals surface area contributed by atoms with Gasteiger partial charge in [0, 0.05) is 22.5 Å². The number of nitrogens with zero attached hydrogens (tertiary/aromatic N) is 3. The lowest BCUT2D eigenvalue weighted by Gasteiger charge is -2.08. The second-order valence-corrected chi connectivity index (χ2v) is 8.85. The Labute approximate surface area is 226 Å². The van der Waals surface area contributed by atoms with Crippen LogP contribution in [0.5, 0.6) is 5.75 Å². The number of hydrogen-bond donors (Lipinski definition) is 1. The Balaban J connectivity index is 1.30. The molecule has 5 aromatic rings. The van der Waals surface area contributed by atoms with Crippen LogP contribution in [0.1, 0.15) is 33.6 Å². The lowest BCUT2D eigenvalue weighted by Crippen LogP contribution is -2.11. The minimum atomic E-state index is -0.493. The van der Waals surface area contributed by atoms with Crippen LogP contribution >= 0.6 is 23.2 Å². The number of anilines is 1. The summed E-state index contributed by atoms with van der Waals surface area (Å²) < 4.78 is 17.9. The molecule has 1 N–H and O–H groups in total. The largest absolute Gasteiger partial charge is 0.484 e. The molecule has 1 amide bonds. The molecule has 0 saturated carbocycles. The highest BCUT2D eigenvalue weighted by Crippen LogP contribution is 2.29. The van der Waals surface area contributed by atoms with E-state index >= 15 is 0 Å². The second kappa shape index (κ2) is 11.0. The molecule has 3 aromatic heterocycles. The van der Waals surface area contributed by atoms with Gasteiger partial charge >= 0.3 is 5.97 Å². The van der Waals surface area contributed by atoms with Crippen LogP contribution in [0.3, 0.4) is 0 Å². The van der Waals surface area contributed by atoms with Gasteiger partial charge in [-0.2, -0.15) is 5.10 Å². The summed E-state index contributed by atoms with van der Waals surface area (Å²) in [7, 11) is 0. The molecule has 0 fully saturated rings. The van der Waals surface area contributed by atoms with E-state index in [2.05, 4.69) is 15.4 Å². The van der Waals surface area contributed by atoms with Crippen molar-refractivity contribution < 1.29 is 23.5 Å². The fourth-order valence-electron chi connectivity index (χ4n) is 3.73. The first-order valence-corrected chi connectivity index (χ1v) is 12.3. The van der Waals surface area contributed by atoms with E-state index in [1.807, 2.05) is 6.07 Å². The normalized spacial score (nSPS) is 10.9. The molecule has 0 radical (unpaired) electrons. The van der Waals surface area contributed by atoms with Gasteiger partial charge in [-0.05, 0) is 55.5 Å². The number of esters is 1. The van der Waals surface area contributed by atoms with E-state index in [1.54, 1.807) is 72.2 Å². The number of ether oxygens (including phenoxy) is 2. The number of aromatic nitrogens is 3. The van der Waals surface area contributed by atoms with Crippen LogP contribution in [0.25, 0.3) is 16.9 Å². The van der Waals surface area contributed by atoms with Crippen molar-refractivity contribution in [2.24, 2.45) is 0 Å². The van der Waals surface area contributed by atoms with Gasteiger partial charge in [-0.25, -0.2) is 14.3 Å². The summed E-state index contributed by atoms with van der Waals surface area (Å²) in [6.45, 7) is 2.06. The summed E-state index contributed by atoms with van der Waals surface area (Å²) in [4.78, 5) is 29.3. The number of rotatable bonds is 8. The molecule has 9 nitrogen and oxygen atoms in total. The molecular weight excluding hydrogens is 531 g/mol. The number of nitrogens with one attached hydrogen (secondary N) is 1. The highest BCUT2D eigenvalue weighted by Gasteiger charge is 2.18. The van der Waals surface area contributed by atoms with Crippen molar-refractivity contribution in [1.82, 2.24) is 14.6 Å². The quantitative estimate of drug-likeness (QED) is 0.225. The highest BCUT2D eigenvalue weighted by atomic mass is 35.5. The van der Waals surface area contributed by atoms with Gasteiger partial charge in [0.2, 0.25) is 0 Å². The predicted molar refractivity (Wildman–Crippen MR) is 142 cm³/mol. The van der Waals surface area contributed by atoms with Gasteiger partial charge in [0.05, 0.1) is 23.5 Å². The summed E-state index contributed by atoms with van der Waals surface area (Å²) in [5, 5.41) is 8.02. The van der Waals surface area contributed by atoms with E-state index in [4.69, 9.17) is 37.1 Å². The van der Waals surface area contributed by atoms with E-state index in [9.17, 15) is 9.59 Å². The summed E-state index contributed by atoms with van der Waals surface area (Å²) in [6, 6.07) is 17.1. The lowest BCUT2D eigenvalue weighted by molar-refractivity contribution is 0.0528. The average molecular weight is 551 g/mol. The molecule has 3 heterocycles. The Morgan fingerprint density at radius 1 is 1.08 bits per heavy atom. The van der Waals surface area contributed by atoms with Gasteiger partial charge in [-0.3, -0.25) is 4.79 Å². The molecule has 11 heteroatoms. The minimum absolute atomic E-state index is 0.0832. The SMILES string of the molecule is CCOC(=O)c1cnn2c(-c3cccc(NC(=O)c4ccc(COc5ccc(Cl)cc5Cl)o4)c3)ccnc12.